The van der Waals surface area contributed by atoms with Gasteiger partial charge in [-0.25, -0.2) is 4.98 Å². The molecule has 0 atom stereocenters. The quantitative estimate of drug-likeness (QED) is 0.595. The molecule has 2 rings (SSSR count). The average Bonchev–Trinajstić information content (AvgIpc) is 2.72. The monoisotopic (exact) mass is 352 g/mol. The van der Waals surface area contributed by atoms with Gasteiger partial charge in [-0.05, 0) is 54.9 Å². The number of ketones is 1. The third-order valence-corrected chi connectivity index (χ3v) is 5.16. The molecule has 20 heavy (non-hydrogen) atoms. The molecule has 0 spiro atoms. The predicted octanol–water partition coefficient (Wildman–Crippen LogP) is 4.26. The minimum Gasteiger partial charge on any atom is -0.349 e. The van der Waals surface area contributed by atoms with Crippen molar-refractivity contribution >= 4 is 33.5 Å². The van der Waals surface area contributed by atoms with E-state index in [1.165, 1.54) is 11.8 Å². The summed E-state index contributed by atoms with van der Waals surface area (Å²) >= 11 is 4.91. The highest BCUT2D eigenvalue weighted by atomic mass is 79.9. The maximum atomic E-state index is 12.4. The molecule has 0 aliphatic heterocycles. The Morgan fingerprint density at radius 1 is 1.45 bits per heavy atom. The molecule has 0 aromatic carbocycles. The number of carbonyl (C=O) groups is 1. The Balaban J connectivity index is 2.12. The van der Waals surface area contributed by atoms with E-state index in [1.807, 2.05) is 32.0 Å². The van der Waals surface area contributed by atoms with Gasteiger partial charge in [0.05, 0.1) is 5.75 Å². The van der Waals surface area contributed by atoms with Crippen LogP contribution in [0.25, 0.3) is 0 Å². The van der Waals surface area contributed by atoms with Gasteiger partial charge in [-0.2, -0.15) is 0 Å². The van der Waals surface area contributed by atoms with E-state index in [0.29, 0.717) is 5.75 Å². The molecular formula is C15H17BrN2OS. The van der Waals surface area contributed by atoms with Crippen LogP contribution < -0.4 is 0 Å². The normalized spacial score (nSPS) is 10.8. The zero-order valence-electron chi connectivity index (χ0n) is 11.8. The van der Waals surface area contributed by atoms with Crippen LogP contribution in [-0.2, 0) is 6.54 Å². The minimum atomic E-state index is 0.153. The van der Waals surface area contributed by atoms with Gasteiger partial charge in [0.25, 0.3) is 0 Å². The fourth-order valence-corrected chi connectivity index (χ4v) is 3.62. The Morgan fingerprint density at radius 3 is 2.80 bits per heavy atom. The van der Waals surface area contributed by atoms with Crippen molar-refractivity contribution in [2.75, 3.05) is 5.75 Å². The van der Waals surface area contributed by atoms with E-state index in [4.69, 9.17) is 0 Å². The Bertz CT molecular complexity index is 637. The molecular weight excluding hydrogens is 336 g/mol. The Kier molecular flexibility index (Phi) is 5.05. The molecule has 0 aliphatic carbocycles. The summed E-state index contributed by atoms with van der Waals surface area (Å²) < 4.78 is 3.09. The summed E-state index contributed by atoms with van der Waals surface area (Å²) in [5.74, 6) is 0.559. The van der Waals surface area contributed by atoms with Crippen LogP contribution in [0.15, 0.2) is 33.9 Å². The average molecular weight is 353 g/mol. The van der Waals surface area contributed by atoms with Gasteiger partial charge in [0, 0.05) is 34.2 Å². The lowest BCUT2D eigenvalue weighted by molar-refractivity contribution is 0.102. The SMILES string of the molecule is CCn1c(C)cc(C(=O)CSc2ncccc2Br)c1C. The van der Waals surface area contributed by atoms with Gasteiger partial charge in [-0.3, -0.25) is 4.79 Å². The van der Waals surface area contributed by atoms with E-state index >= 15 is 0 Å². The van der Waals surface area contributed by atoms with Crippen LogP contribution in [0.3, 0.4) is 0 Å². The minimum absolute atomic E-state index is 0.153. The number of aromatic nitrogens is 2. The second-order valence-electron chi connectivity index (χ2n) is 4.53. The first-order chi connectivity index (χ1) is 9.54. The van der Waals surface area contributed by atoms with E-state index in [0.717, 1.165) is 33.0 Å². The first-order valence-corrected chi connectivity index (χ1v) is 8.25. The Morgan fingerprint density at radius 2 is 2.20 bits per heavy atom. The summed E-state index contributed by atoms with van der Waals surface area (Å²) in [4.78, 5) is 16.6. The fourth-order valence-electron chi connectivity index (χ4n) is 2.26. The lowest BCUT2D eigenvalue weighted by Crippen LogP contribution is -2.06. The molecule has 0 N–H and O–H groups in total. The summed E-state index contributed by atoms with van der Waals surface area (Å²) in [6.45, 7) is 7.03. The van der Waals surface area contributed by atoms with Crippen LogP contribution in [0.5, 0.6) is 0 Å². The molecule has 3 nitrogen and oxygen atoms in total. The summed E-state index contributed by atoms with van der Waals surface area (Å²) in [7, 11) is 0. The van der Waals surface area contributed by atoms with Crippen molar-refractivity contribution in [1.82, 2.24) is 9.55 Å². The van der Waals surface area contributed by atoms with Crippen molar-refractivity contribution in [2.24, 2.45) is 0 Å². The first-order valence-electron chi connectivity index (χ1n) is 6.47. The third-order valence-electron chi connectivity index (χ3n) is 3.25. The van der Waals surface area contributed by atoms with Gasteiger partial charge in [0.1, 0.15) is 5.03 Å². The van der Waals surface area contributed by atoms with E-state index in [-0.39, 0.29) is 5.78 Å². The largest absolute Gasteiger partial charge is 0.349 e. The summed E-state index contributed by atoms with van der Waals surface area (Å²) in [5.41, 5.74) is 3.01. The lowest BCUT2D eigenvalue weighted by atomic mass is 10.2. The van der Waals surface area contributed by atoms with Gasteiger partial charge < -0.3 is 4.57 Å². The number of nitrogens with zero attached hydrogens (tertiary/aromatic N) is 2. The highest BCUT2D eigenvalue weighted by Crippen LogP contribution is 2.26. The highest BCUT2D eigenvalue weighted by Gasteiger charge is 2.15. The molecule has 0 radical (unpaired) electrons. The second-order valence-corrected chi connectivity index (χ2v) is 6.35. The third kappa shape index (κ3) is 3.15. The van der Waals surface area contributed by atoms with Crippen molar-refractivity contribution < 1.29 is 4.79 Å². The number of Topliss-reactive ketones (excluding diaryl/α,β-unsaturated/α-hetero) is 1. The van der Waals surface area contributed by atoms with E-state index in [2.05, 4.69) is 32.4 Å². The number of halogens is 1. The van der Waals surface area contributed by atoms with Crippen LogP contribution in [0.1, 0.15) is 28.7 Å². The van der Waals surface area contributed by atoms with E-state index in [1.54, 1.807) is 6.20 Å². The molecule has 0 amide bonds. The number of carbonyl (C=O) groups excluding carboxylic acids is 1. The van der Waals surface area contributed by atoms with Gasteiger partial charge >= 0.3 is 0 Å². The molecule has 106 valence electrons. The molecule has 0 fully saturated rings. The number of rotatable bonds is 5. The summed E-state index contributed by atoms with van der Waals surface area (Å²) in [6.07, 6.45) is 1.74. The molecule has 0 saturated heterocycles. The van der Waals surface area contributed by atoms with Crippen LogP contribution >= 0.6 is 27.7 Å². The zero-order valence-corrected chi connectivity index (χ0v) is 14.2. The predicted molar refractivity (Wildman–Crippen MR) is 86.6 cm³/mol. The van der Waals surface area contributed by atoms with Crippen molar-refractivity contribution in [3.05, 3.63) is 45.8 Å². The van der Waals surface area contributed by atoms with Crippen molar-refractivity contribution in [3.8, 4) is 0 Å². The van der Waals surface area contributed by atoms with Crippen molar-refractivity contribution in [2.45, 2.75) is 32.3 Å². The van der Waals surface area contributed by atoms with E-state index < -0.39 is 0 Å². The molecule has 2 aromatic rings. The van der Waals surface area contributed by atoms with Crippen LogP contribution in [0.4, 0.5) is 0 Å². The number of hydrogen-bond donors (Lipinski definition) is 0. The van der Waals surface area contributed by atoms with Crippen LogP contribution in [0, 0.1) is 13.8 Å². The zero-order chi connectivity index (χ0) is 14.7. The second kappa shape index (κ2) is 6.59. The molecule has 5 heteroatoms. The molecule has 0 unspecified atom stereocenters. The number of thioether (sulfide) groups is 1. The Labute approximate surface area is 131 Å². The Hall–Kier alpha value is -1.07. The van der Waals surface area contributed by atoms with Gasteiger partial charge in [-0.15, -0.1) is 0 Å². The van der Waals surface area contributed by atoms with Gasteiger partial charge in [-0.1, -0.05) is 11.8 Å². The van der Waals surface area contributed by atoms with Crippen molar-refractivity contribution in [3.63, 3.8) is 0 Å². The molecule has 0 saturated carbocycles. The number of aryl methyl sites for hydroxylation is 1. The molecule has 2 heterocycles. The number of pyridine rings is 1. The highest BCUT2D eigenvalue weighted by molar-refractivity contribution is 9.10. The smallest absolute Gasteiger partial charge is 0.174 e. The van der Waals surface area contributed by atoms with Crippen molar-refractivity contribution in [1.29, 1.82) is 0 Å². The molecule has 0 bridgehead atoms. The molecule has 2 aromatic heterocycles. The maximum absolute atomic E-state index is 12.4. The van der Waals surface area contributed by atoms with Gasteiger partial charge in [0.15, 0.2) is 5.78 Å². The maximum Gasteiger partial charge on any atom is 0.174 e. The van der Waals surface area contributed by atoms with Crippen LogP contribution in [0.2, 0.25) is 0 Å². The van der Waals surface area contributed by atoms with E-state index in [9.17, 15) is 4.79 Å². The summed E-state index contributed by atoms with van der Waals surface area (Å²) in [6, 6.07) is 5.78. The van der Waals surface area contributed by atoms with Crippen LogP contribution in [-0.4, -0.2) is 21.1 Å². The first kappa shape index (κ1) is 15.3. The topological polar surface area (TPSA) is 34.9 Å². The summed E-state index contributed by atoms with van der Waals surface area (Å²) in [5, 5.41) is 0.852. The molecule has 0 aliphatic rings. The lowest BCUT2D eigenvalue weighted by Gasteiger charge is -2.06. The fraction of sp³-hybridized carbons (Fsp3) is 0.333. The number of hydrogen-bond acceptors (Lipinski definition) is 3. The standard InChI is InChI=1S/C15H17BrN2OS/c1-4-18-10(2)8-12(11(18)3)14(19)9-20-15-13(16)6-5-7-17-15/h5-8H,4,9H2,1-3H3. The van der Waals surface area contributed by atoms with Gasteiger partial charge in [0.2, 0.25) is 0 Å².